The van der Waals surface area contributed by atoms with Crippen molar-refractivity contribution in [2.24, 2.45) is 0 Å². The number of para-hydroxylation sites is 1. The summed E-state index contributed by atoms with van der Waals surface area (Å²) in [5.41, 5.74) is 3.20. The van der Waals surface area contributed by atoms with Gasteiger partial charge in [-0.05, 0) is 31.4 Å². The molecule has 0 atom stereocenters. The average molecular weight is 191 g/mol. The van der Waals surface area contributed by atoms with Gasteiger partial charge in [0.15, 0.2) is 0 Å². The molecule has 0 aliphatic rings. The van der Waals surface area contributed by atoms with Gasteiger partial charge in [0.05, 0.1) is 0 Å². The Kier molecular flexibility index (Phi) is 3.69. The van der Waals surface area contributed by atoms with Gasteiger partial charge >= 0.3 is 0 Å². The largest absolute Gasteiger partial charge is 0.326 e. The van der Waals surface area contributed by atoms with Crippen molar-refractivity contribution in [1.29, 1.82) is 0 Å². The molecular formula is C12H17NO. The third-order valence-electron chi connectivity index (χ3n) is 2.22. The van der Waals surface area contributed by atoms with Crippen LogP contribution in [-0.2, 0) is 4.79 Å². The molecule has 0 radical (unpaired) electrons. The molecule has 2 heteroatoms. The fraction of sp³-hybridized carbons (Fsp3) is 0.417. The SMILES string of the molecule is CCCC(=O)Nc1c(C)cccc1C. The van der Waals surface area contributed by atoms with E-state index in [9.17, 15) is 4.79 Å². The summed E-state index contributed by atoms with van der Waals surface area (Å²) in [7, 11) is 0. The van der Waals surface area contributed by atoms with Crippen molar-refractivity contribution in [1.82, 2.24) is 0 Å². The highest BCUT2D eigenvalue weighted by molar-refractivity contribution is 5.92. The molecule has 2 nitrogen and oxygen atoms in total. The maximum atomic E-state index is 11.4. The van der Waals surface area contributed by atoms with E-state index in [1.54, 1.807) is 0 Å². The fourth-order valence-electron chi connectivity index (χ4n) is 1.44. The summed E-state index contributed by atoms with van der Waals surface area (Å²) >= 11 is 0. The number of aryl methyl sites for hydroxylation is 2. The van der Waals surface area contributed by atoms with Gasteiger partial charge in [0.2, 0.25) is 5.91 Å². The monoisotopic (exact) mass is 191 g/mol. The van der Waals surface area contributed by atoms with Crippen LogP contribution >= 0.6 is 0 Å². The van der Waals surface area contributed by atoms with Gasteiger partial charge in [-0.25, -0.2) is 0 Å². The number of amides is 1. The molecule has 0 saturated heterocycles. The lowest BCUT2D eigenvalue weighted by Gasteiger charge is -2.10. The highest BCUT2D eigenvalue weighted by Crippen LogP contribution is 2.19. The first kappa shape index (κ1) is 10.8. The first-order valence-electron chi connectivity index (χ1n) is 5.01. The minimum absolute atomic E-state index is 0.102. The normalized spacial score (nSPS) is 9.93. The van der Waals surface area contributed by atoms with Crippen LogP contribution in [0, 0.1) is 13.8 Å². The third kappa shape index (κ3) is 2.59. The zero-order valence-electron chi connectivity index (χ0n) is 9.05. The van der Waals surface area contributed by atoms with E-state index >= 15 is 0 Å². The number of rotatable bonds is 3. The van der Waals surface area contributed by atoms with Crippen molar-refractivity contribution in [2.45, 2.75) is 33.6 Å². The van der Waals surface area contributed by atoms with Gasteiger partial charge in [0.25, 0.3) is 0 Å². The molecule has 0 aliphatic carbocycles. The van der Waals surface area contributed by atoms with Crippen LogP contribution in [0.1, 0.15) is 30.9 Å². The second kappa shape index (κ2) is 4.80. The molecule has 0 heterocycles. The number of benzene rings is 1. The Bertz CT molecular complexity index is 311. The number of anilines is 1. The molecule has 1 rings (SSSR count). The second-order valence-corrected chi connectivity index (χ2v) is 3.56. The summed E-state index contributed by atoms with van der Waals surface area (Å²) in [6, 6.07) is 6.02. The number of carbonyl (C=O) groups excluding carboxylic acids is 1. The van der Waals surface area contributed by atoms with Gasteiger partial charge in [-0.1, -0.05) is 25.1 Å². The Labute approximate surface area is 85.3 Å². The average Bonchev–Trinajstić information content (AvgIpc) is 2.12. The van der Waals surface area contributed by atoms with Crippen LogP contribution in [0.25, 0.3) is 0 Å². The van der Waals surface area contributed by atoms with E-state index in [0.29, 0.717) is 6.42 Å². The summed E-state index contributed by atoms with van der Waals surface area (Å²) in [5.74, 6) is 0.102. The van der Waals surface area contributed by atoms with Crippen LogP contribution in [-0.4, -0.2) is 5.91 Å². The van der Waals surface area contributed by atoms with E-state index in [0.717, 1.165) is 23.2 Å². The second-order valence-electron chi connectivity index (χ2n) is 3.56. The van der Waals surface area contributed by atoms with Crippen LogP contribution in [0.4, 0.5) is 5.69 Å². The van der Waals surface area contributed by atoms with Gasteiger partial charge < -0.3 is 5.32 Å². The smallest absolute Gasteiger partial charge is 0.224 e. The van der Waals surface area contributed by atoms with E-state index in [1.165, 1.54) is 0 Å². The van der Waals surface area contributed by atoms with Crippen LogP contribution < -0.4 is 5.32 Å². The van der Waals surface area contributed by atoms with Crippen molar-refractivity contribution >= 4 is 11.6 Å². The standard InChI is InChI=1S/C12H17NO/c1-4-6-11(14)13-12-9(2)7-5-8-10(12)3/h5,7-8H,4,6H2,1-3H3,(H,13,14). The van der Waals surface area contributed by atoms with Crippen molar-refractivity contribution in [3.63, 3.8) is 0 Å². The highest BCUT2D eigenvalue weighted by Gasteiger charge is 2.05. The molecule has 1 amide bonds. The Morgan fingerprint density at radius 3 is 2.36 bits per heavy atom. The van der Waals surface area contributed by atoms with E-state index in [-0.39, 0.29) is 5.91 Å². The molecular weight excluding hydrogens is 174 g/mol. The molecule has 0 fully saturated rings. The molecule has 0 saturated carbocycles. The van der Waals surface area contributed by atoms with Crippen LogP contribution in [0.5, 0.6) is 0 Å². The van der Waals surface area contributed by atoms with Gasteiger partial charge in [-0.15, -0.1) is 0 Å². The number of hydrogen-bond donors (Lipinski definition) is 1. The lowest BCUT2D eigenvalue weighted by Crippen LogP contribution is -2.12. The Morgan fingerprint density at radius 1 is 1.29 bits per heavy atom. The molecule has 0 aromatic heterocycles. The topological polar surface area (TPSA) is 29.1 Å². The van der Waals surface area contributed by atoms with E-state index in [1.807, 2.05) is 39.0 Å². The molecule has 14 heavy (non-hydrogen) atoms. The molecule has 0 bridgehead atoms. The van der Waals surface area contributed by atoms with Crippen molar-refractivity contribution in [2.75, 3.05) is 5.32 Å². The van der Waals surface area contributed by atoms with Gasteiger partial charge in [0, 0.05) is 12.1 Å². The van der Waals surface area contributed by atoms with Gasteiger partial charge in [-0.3, -0.25) is 4.79 Å². The Balaban J connectivity index is 2.80. The molecule has 1 N–H and O–H groups in total. The van der Waals surface area contributed by atoms with Gasteiger partial charge in [-0.2, -0.15) is 0 Å². The van der Waals surface area contributed by atoms with E-state index < -0.39 is 0 Å². The van der Waals surface area contributed by atoms with Gasteiger partial charge in [0.1, 0.15) is 0 Å². The number of carbonyl (C=O) groups is 1. The zero-order valence-corrected chi connectivity index (χ0v) is 9.05. The maximum Gasteiger partial charge on any atom is 0.224 e. The molecule has 1 aromatic rings. The van der Waals surface area contributed by atoms with E-state index in [4.69, 9.17) is 0 Å². The van der Waals surface area contributed by atoms with Crippen molar-refractivity contribution in [3.8, 4) is 0 Å². The molecule has 0 spiro atoms. The van der Waals surface area contributed by atoms with Crippen molar-refractivity contribution < 1.29 is 4.79 Å². The summed E-state index contributed by atoms with van der Waals surface area (Å²) < 4.78 is 0. The summed E-state index contributed by atoms with van der Waals surface area (Å²) in [6.45, 7) is 6.02. The molecule has 0 unspecified atom stereocenters. The van der Waals surface area contributed by atoms with Crippen LogP contribution in [0.3, 0.4) is 0 Å². The first-order valence-corrected chi connectivity index (χ1v) is 5.01. The summed E-state index contributed by atoms with van der Waals surface area (Å²) in [6.07, 6.45) is 1.48. The fourth-order valence-corrected chi connectivity index (χ4v) is 1.44. The molecule has 0 aliphatic heterocycles. The Hall–Kier alpha value is -1.31. The minimum Gasteiger partial charge on any atom is -0.326 e. The Morgan fingerprint density at radius 2 is 1.86 bits per heavy atom. The summed E-state index contributed by atoms with van der Waals surface area (Å²) in [4.78, 5) is 11.4. The highest BCUT2D eigenvalue weighted by atomic mass is 16.1. The predicted octanol–water partition coefficient (Wildman–Crippen LogP) is 3.04. The zero-order chi connectivity index (χ0) is 10.6. The first-order chi connectivity index (χ1) is 6.65. The number of nitrogens with one attached hydrogen (secondary N) is 1. The maximum absolute atomic E-state index is 11.4. The number of hydrogen-bond acceptors (Lipinski definition) is 1. The third-order valence-corrected chi connectivity index (χ3v) is 2.22. The van der Waals surface area contributed by atoms with Crippen LogP contribution in [0.15, 0.2) is 18.2 Å². The minimum atomic E-state index is 0.102. The quantitative estimate of drug-likeness (QED) is 0.781. The lowest BCUT2D eigenvalue weighted by molar-refractivity contribution is -0.116. The lowest BCUT2D eigenvalue weighted by atomic mass is 10.1. The van der Waals surface area contributed by atoms with E-state index in [2.05, 4.69) is 5.32 Å². The van der Waals surface area contributed by atoms with Crippen molar-refractivity contribution in [3.05, 3.63) is 29.3 Å². The molecule has 76 valence electrons. The summed E-state index contributed by atoms with van der Waals surface area (Å²) in [5, 5.41) is 2.94. The van der Waals surface area contributed by atoms with Crippen LogP contribution in [0.2, 0.25) is 0 Å². The predicted molar refractivity (Wildman–Crippen MR) is 59.5 cm³/mol. The molecule has 1 aromatic carbocycles.